The number of hydrogen-bond donors (Lipinski definition) is 1. The second-order valence-corrected chi connectivity index (χ2v) is 9.51. The first-order valence-electron chi connectivity index (χ1n) is 12.6. The van der Waals surface area contributed by atoms with Crippen molar-refractivity contribution in [1.29, 1.82) is 0 Å². The molecule has 0 aromatic heterocycles. The van der Waals surface area contributed by atoms with E-state index in [1.807, 2.05) is 6.07 Å². The van der Waals surface area contributed by atoms with Crippen LogP contribution in [0.3, 0.4) is 0 Å². The van der Waals surface area contributed by atoms with Crippen LogP contribution in [0.2, 0.25) is 0 Å². The molecule has 0 spiro atoms. The van der Waals surface area contributed by atoms with Gasteiger partial charge in [0.05, 0.1) is 31.4 Å². The Balaban J connectivity index is 1.84. The zero-order valence-corrected chi connectivity index (χ0v) is 21.8. The van der Waals surface area contributed by atoms with E-state index in [1.165, 1.54) is 54.5 Å². The molecule has 0 bridgehead atoms. The standard InChI is InChI=1S/C31H26F2N2O5/c1-39-30(37)25-20(17-8-4-3-5-9-17)16-23-26(28(25)36)24(18-12-14-19(32)15-13-18)27(31(38)40-2)29(34)35(23)22-11-7-6-10-21(22)33/h3-15,20,24-25H,16,34H2,1-2H3/t20-,24+,25-/m1/s1. The number of benzene rings is 3. The molecule has 3 aromatic rings. The molecule has 0 radical (unpaired) electrons. The van der Waals surface area contributed by atoms with Crippen molar-refractivity contribution in [1.82, 2.24) is 0 Å². The predicted molar refractivity (Wildman–Crippen MR) is 143 cm³/mol. The average molecular weight is 545 g/mol. The number of nitrogens with zero attached hydrogens (tertiary/aromatic N) is 1. The quantitative estimate of drug-likeness (QED) is 0.367. The number of Topliss-reactive ketones (excluding diaryl/α,β-unsaturated/α-hetero) is 1. The average Bonchev–Trinajstić information content (AvgIpc) is 2.97. The SMILES string of the molecule is COC(=O)C1=C(N)N(c2ccccc2F)C2=C(C(=O)[C@H](C(=O)OC)[C@@H](c3ccccc3)C2)[C@@H]1c1ccc(F)cc1. The van der Waals surface area contributed by atoms with E-state index in [1.54, 1.807) is 30.3 Å². The van der Waals surface area contributed by atoms with Gasteiger partial charge in [0.2, 0.25) is 0 Å². The number of esters is 2. The van der Waals surface area contributed by atoms with E-state index in [2.05, 4.69) is 0 Å². The van der Waals surface area contributed by atoms with E-state index in [9.17, 15) is 18.8 Å². The number of nitrogens with two attached hydrogens (primary N) is 1. The third kappa shape index (κ3) is 4.43. The fourth-order valence-electron chi connectivity index (χ4n) is 5.65. The van der Waals surface area contributed by atoms with Crippen LogP contribution in [0.4, 0.5) is 14.5 Å². The highest BCUT2D eigenvalue weighted by Gasteiger charge is 2.51. The van der Waals surface area contributed by atoms with Crippen molar-refractivity contribution in [2.24, 2.45) is 11.7 Å². The Morgan fingerprint density at radius 1 is 0.875 bits per heavy atom. The lowest BCUT2D eigenvalue weighted by atomic mass is 9.67. The zero-order valence-electron chi connectivity index (χ0n) is 21.8. The Morgan fingerprint density at radius 2 is 1.52 bits per heavy atom. The Hall–Kier alpha value is -4.79. The molecular weight excluding hydrogens is 518 g/mol. The van der Waals surface area contributed by atoms with Gasteiger partial charge in [-0.3, -0.25) is 14.5 Å². The number of para-hydroxylation sites is 1. The van der Waals surface area contributed by atoms with Crippen molar-refractivity contribution in [3.05, 3.63) is 124 Å². The number of rotatable bonds is 5. The number of ketones is 1. The fraction of sp³-hybridized carbons (Fsp3) is 0.194. The number of allylic oxidation sites excluding steroid dienone is 2. The monoisotopic (exact) mass is 544 g/mol. The number of carbonyl (C=O) groups is 3. The number of methoxy groups -OCH3 is 2. The van der Waals surface area contributed by atoms with E-state index >= 15 is 4.39 Å². The summed E-state index contributed by atoms with van der Waals surface area (Å²) in [6, 6.07) is 20.1. The van der Waals surface area contributed by atoms with E-state index in [-0.39, 0.29) is 29.1 Å². The molecule has 0 amide bonds. The molecule has 1 aliphatic carbocycles. The number of carbonyl (C=O) groups excluding carboxylic acids is 3. The van der Waals surface area contributed by atoms with Crippen molar-refractivity contribution in [2.45, 2.75) is 18.3 Å². The number of anilines is 1. The second kappa shape index (κ2) is 10.8. The molecule has 0 saturated carbocycles. The molecule has 1 aliphatic heterocycles. The minimum Gasteiger partial charge on any atom is -0.468 e. The van der Waals surface area contributed by atoms with Crippen molar-refractivity contribution >= 4 is 23.4 Å². The molecule has 5 rings (SSSR count). The summed E-state index contributed by atoms with van der Waals surface area (Å²) < 4.78 is 39.3. The summed E-state index contributed by atoms with van der Waals surface area (Å²) in [5.74, 6) is -6.54. The van der Waals surface area contributed by atoms with Crippen LogP contribution < -0.4 is 10.6 Å². The third-order valence-electron chi connectivity index (χ3n) is 7.42. The maximum absolute atomic E-state index is 15.3. The van der Waals surface area contributed by atoms with Gasteiger partial charge < -0.3 is 15.2 Å². The van der Waals surface area contributed by atoms with Crippen LogP contribution in [0.15, 0.2) is 102 Å². The fourth-order valence-corrected chi connectivity index (χ4v) is 5.65. The third-order valence-corrected chi connectivity index (χ3v) is 7.42. The van der Waals surface area contributed by atoms with Crippen molar-refractivity contribution in [3.8, 4) is 0 Å². The van der Waals surface area contributed by atoms with E-state index in [4.69, 9.17) is 15.2 Å². The number of halogens is 2. The second-order valence-electron chi connectivity index (χ2n) is 9.51. The minimum atomic E-state index is -1.25. The van der Waals surface area contributed by atoms with Crippen LogP contribution in [0, 0.1) is 17.6 Å². The molecule has 0 fully saturated rings. The largest absolute Gasteiger partial charge is 0.468 e. The molecule has 7 nitrogen and oxygen atoms in total. The number of ether oxygens (including phenoxy) is 2. The van der Waals surface area contributed by atoms with E-state index < -0.39 is 47.1 Å². The van der Waals surface area contributed by atoms with Crippen LogP contribution in [0.5, 0.6) is 0 Å². The van der Waals surface area contributed by atoms with Crippen LogP contribution in [0.25, 0.3) is 0 Å². The molecular formula is C31H26F2N2O5. The highest BCUT2D eigenvalue weighted by Crippen LogP contribution is 2.51. The first-order valence-corrected chi connectivity index (χ1v) is 12.6. The zero-order chi connectivity index (χ0) is 28.6. The highest BCUT2D eigenvalue weighted by molar-refractivity contribution is 6.14. The topological polar surface area (TPSA) is 98.9 Å². The summed E-state index contributed by atoms with van der Waals surface area (Å²) in [4.78, 5) is 42.2. The van der Waals surface area contributed by atoms with Gasteiger partial charge in [-0.2, -0.15) is 0 Å². The first-order chi connectivity index (χ1) is 19.3. The lowest BCUT2D eigenvalue weighted by molar-refractivity contribution is -0.150. The molecule has 2 aliphatic rings. The normalized spacial score (nSPS) is 20.8. The van der Waals surface area contributed by atoms with Gasteiger partial charge in [-0.15, -0.1) is 0 Å². The molecule has 0 saturated heterocycles. The van der Waals surface area contributed by atoms with Gasteiger partial charge in [-0.05, 0) is 41.8 Å². The van der Waals surface area contributed by atoms with Gasteiger partial charge in [0.15, 0.2) is 5.78 Å². The predicted octanol–water partition coefficient (Wildman–Crippen LogP) is 4.71. The Labute approximate surface area is 229 Å². The smallest absolute Gasteiger partial charge is 0.338 e. The lowest BCUT2D eigenvalue weighted by Gasteiger charge is -2.44. The molecule has 9 heteroatoms. The molecule has 2 N–H and O–H groups in total. The molecule has 0 unspecified atom stereocenters. The summed E-state index contributed by atoms with van der Waals surface area (Å²) >= 11 is 0. The summed E-state index contributed by atoms with van der Waals surface area (Å²) in [5.41, 5.74) is 7.99. The molecule has 3 aromatic carbocycles. The Kier molecular flexibility index (Phi) is 7.21. The van der Waals surface area contributed by atoms with Gasteiger partial charge in [0.1, 0.15) is 23.4 Å². The summed E-state index contributed by atoms with van der Waals surface area (Å²) in [6.45, 7) is 0. The maximum Gasteiger partial charge on any atom is 0.338 e. The van der Waals surface area contributed by atoms with Gasteiger partial charge in [0, 0.05) is 17.2 Å². The van der Waals surface area contributed by atoms with Gasteiger partial charge in [-0.25, -0.2) is 13.6 Å². The molecule has 3 atom stereocenters. The Bertz CT molecular complexity index is 1550. The van der Waals surface area contributed by atoms with Crippen molar-refractivity contribution < 1.29 is 32.6 Å². The van der Waals surface area contributed by atoms with Gasteiger partial charge in [-0.1, -0.05) is 54.6 Å². The molecule has 40 heavy (non-hydrogen) atoms. The van der Waals surface area contributed by atoms with Crippen LogP contribution in [0.1, 0.15) is 29.4 Å². The number of hydrogen-bond acceptors (Lipinski definition) is 7. The van der Waals surface area contributed by atoms with Crippen LogP contribution in [-0.2, 0) is 23.9 Å². The van der Waals surface area contributed by atoms with Crippen molar-refractivity contribution in [3.63, 3.8) is 0 Å². The highest BCUT2D eigenvalue weighted by atomic mass is 19.1. The van der Waals surface area contributed by atoms with Crippen LogP contribution >= 0.6 is 0 Å². The molecule has 1 heterocycles. The van der Waals surface area contributed by atoms with Gasteiger partial charge >= 0.3 is 11.9 Å². The van der Waals surface area contributed by atoms with E-state index in [0.717, 1.165) is 7.11 Å². The van der Waals surface area contributed by atoms with Crippen molar-refractivity contribution in [2.75, 3.05) is 19.1 Å². The van der Waals surface area contributed by atoms with E-state index in [0.29, 0.717) is 16.8 Å². The summed E-state index contributed by atoms with van der Waals surface area (Å²) in [6.07, 6.45) is 0.0893. The van der Waals surface area contributed by atoms with Gasteiger partial charge in [0.25, 0.3) is 0 Å². The summed E-state index contributed by atoms with van der Waals surface area (Å²) in [7, 11) is 2.36. The Morgan fingerprint density at radius 3 is 2.15 bits per heavy atom. The minimum absolute atomic E-state index is 0.0163. The molecule has 204 valence electrons. The van der Waals surface area contributed by atoms with Crippen LogP contribution in [-0.4, -0.2) is 31.9 Å². The first kappa shape index (κ1) is 26.8. The summed E-state index contributed by atoms with van der Waals surface area (Å²) in [5, 5.41) is 0. The lowest BCUT2D eigenvalue weighted by Crippen LogP contribution is -2.46. The maximum atomic E-state index is 15.3.